The van der Waals surface area contributed by atoms with E-state index in [1.807, 2.05) is 13.8 Å². The van der Waals surface area contributed by atoms with E-state index in [1.54, 1.807) is 0 Å². The van der Waals surface area contributed by atoms with Crippen LogP contribution in [0.1, 0.15) is 33.1 Å². The lowest BCUT2D eigenvalue weighted by Gasteiger charge is -2.38. The third kappa shape index (κ3) is 2.05. The molecule has 1 N–H and O–H groups in total. The summed E-state index contributed by atoms with van der Waals surface area (Å²) in [6, 6.07) is 0. The molecule has 0 saturated heterocycles. The molecule has 0 aromatic carbocycles. The lowest BCUT2D eigenvalue weighted by atomic mass is 9.77. The summed E-state index contributed by atoms with van der Waals surface area (Å²) < 4.78 is -0.189. The van der Waals surface area contributed by atoms with Gasteiger partial charge in [0.05, 0.1) is 6.10 Å². The van der Waals surface area contributed by atoms with Gasteiger partial charge in [0.1, 0.15) is 0 Å². The van der Waals surface area contributed by atoms with Crippen LogP contribution in [0.2, 0.25) is 0 Å². The molecule has 0 amide bonds. The molecular formula is C10H18OS. The van der Waals surface area contributed by atoms with Crippen molar-refractivity contribution in [1.82, 2.24) is 0 Å². The Balaban J connectivity index is 2.58. The molecule has 1 fully saturated rings. The summed E-state index contributed by atoms with van der Waals surface area (Å²) in [5.41, 5.74) is 1.19. The van der Waals surface area contributed by atoms with Crippen LogP contribution < -0.4 is 0 Å². The maximum Gasteiger partial charge on any atom is 0.0687 e. The molecule has 12 heavy (non-hydrogen) atoms. The van der Waals surface area contributed by atoms with Gasteiger partial charge in [0.2, 0.25) is 0 Å². The van der Waals surface area contributed by atoms with Gasteiger partial charge in [-0.15, -0.1) is 0 Å². The zero-order valence-electron chi connectivity index (χ0n) is 7.88. The fourth-order valence-electron chi connectivity index (χ4n) is 1.72. The number of rotatable bonds is 1. The first-order chi connectivity index (χ1) is 5.43. The van der Waals surface area contributed by atoms with Crippen LogP contribution in [-0.4, -0.2) is 16.0 Å². The van der Waals surface area contributed by atoms with Gasteiger partial charge < -0.3 is 5.11 Å². The standard InChI is InChI=1S/C10H18OS/c1-7(2)8-4-5-10(3,12)9(11)6-8/h8-9,11-12H,1,4-6H2,2-3H3/t8-,9-,10+/m1/s1. The largest absolute Gasteiger partial charge is 0.392 e. The van der Waals surface area contributed by atoms with E-state index in [0.29, 0.717) is 5.92 Å². The zero-order valence-corrected chi connectivity index (χ0v) is 8.77. The third-order valence-electron chi connectivity index (χ3n) is 2.92. The lowest BCUT2D eigenvalue weighted by Crippen LogP contribution is -2.40. The molecule has 1 rings (SSSR count). The first-order valence-electron chi connectivity index (χ1n) is 4.49. The monoisotopic (exact) mass is 186 g/mol. The highest BCUT2D eigenvalue weighted by Gasteiger charge is 2.36. The minimum absolute atomic E-state index is 0.189. The Bertz CT molecular complexity index is 186. The molecule has 0 aromatic heterocycles. The fraction of sp³-hybridized carbons (Fsp3) is 0.800. The minimum Gasteiger partial charge on any atom is -0.392 e. The van der Waals surface area contributed by atoms with Crippen molar-refractivity contribution in [3.63, 3.8) is 0 Å². The molecule has 2 heteroatoms. The van der Waals surface area contributed by atoms with E-state index in [-0.39, 0.29) is 10.9 Å². The summed E-state index contributed by atoms with van der Waals surface area (Å²) >= 11 is 4.44. The van der Waals surface area contributed by atoms with Crippen molar-refractivity contribution in [2.45, 2.75) is 44.0 Å². The van der Waals surface area contributed by atoms with Crippen molar-refractivity contribution >= 4 is 12.6 Å². The van der Waals surface area contributed by atoms with Gasteiger partial charge in [-0.3, -0.25) is 0 Å². The summed E-state index contributed by atoms with van der Waals surface area (Å²) in [5, 5.41) is 9.74. The molecule has 1 saturated carbocycles. The van der Waals surface area contributed by atoms with Gasteiger partial charge in [-0.1, -0.05) is 12.2 Å². The Labute approximate surface area is 80.3 Å². The van der Waals surface area contributed by atoms with Crippen LogP contribution in [0.15, 0.2) is 12.2 Å². The SMILES string of the molecule is C=C(C)[C@@H]1CC[C@](C)(S)[C@H](O)C1. The average Bonchev–Trinajstić information content (AvgIpc) is 1.94. The van der Waals surface area contributed by atoms with Crippen LogP contribution in [0.3, 0.4) is 0 Å². The van der Waals surface area contributed by atoms with Crippen LogP contribution in [0.4, 0.5) is 0 Å². The van der Waals surface area contributed by atoms with Gasteiger partial charge in [-0.2, -0.15) is 12.6 Å². The Hall–Kier alpha value is 0.0500. The first kappa shape index (κ1) is 10.1. The van der Waals surface area contributed by atoms with E-state index < -0.39 is 0 Å². The molecular weight excluding hydrogens is 168 g/mol. The first-order valence-corrected chi connectivity index (χ1v) is 4.94. The van der Waals surface area contributed by atoms with Gasteiger partial charge in [0.25, 0.3) is 0 Å². The lowest BCUT2D eigenvalue weighted by molar-refractivity contribution is 0.0806. The number of hydrogen-bond donors (Lipinski definition) is 2. The second-order valence-electron chi connectivity index (χ2n) is 4.19. The van der Waals surface area contributed by atoms with Crippen LogP contribution in [0.25, 0.3) is 0 Å². The number of allylic oxidation sites excluding steroid dienone is 1. The van der Waals surface area contributed by atoms with Crippen LogP contribution in [-0.2, 0) is 0 Å². The van der Waals surface area contributed by atoms with Crippen molar-refractivity contribution in [3.8, 4) is 0 Å². The molecule has 1 aliphatic rings. The van der Waals surface area contributed by atoms with E-state index in [0.717, 1.165) is 19.3 Å². The molecule has 3 atom stereocenters. The van der Waals surface area contributed by atoms with Crippen molar-refractivity contribution in [3.05, 3.63) is 12.2 Å². The van der Waals surface area contributed by atoms with Gasteiger partial charge in [0.15, 0.2) is 0 Å². The number of thiol groups is 1. The van der Waals surface area contributed by atoms with Gasteiger partial charge in [-0.25, -0.2) is 0 Å². The molecule has 0 spiro atoms. The molecule has 0 aromatic rings. The van der Waals surface area contributed by atoms with Crippen LogP contribution >= 0.6 is 12.6 Å². The molecule has 70 valence electrons. The molecule has 0 aliphatic heterocycles. The van der Waals surface area contributed by atoms with Crippen molar-refractivity contribution in [1.29, 1.82) is 0 Å². The number of aliphatic hydroxyl groups is 1. The minimum atomic E-state index is -0.281. The van der Waals surface area contributed by atoms with Gasteiger partial charge in [0, 0.05) is 4.75 Å². The highest BCUT2D eigenvalue weighted by molar-refractivity contribution is 7.81. The Morgan fingerprint density at radius 1 is 1.67 bits per heavy atom. The van der Waals surface area contributed by atoms with Gasteiger partial charge in [-0.05, 0) is 39.0 Å². The molecule has 1 aliphatic carbocycles. The molecule has 0 bridgehead atoms. The normalized spacial score (nSPS) is 42.7. The van der Waals surface area contributed by atoms with Gasteiger partial charge >= 0.3 is 0 Å². The van der Waals surface area contributed by atoms with Crippen molar-refractivity contribution in [2.24, 2.45) is 5.92 Å². The molecule has 0 unspecified atom stereocenters. The van der Waals surface area contributed by atoms with E-state index in [9.17, 15) is 5.11 Å². The highest BCUT2D eigenvalue weighted by Crippen LogP contribution is 2.38. The maximum atomic E-state index is 9.74. The van der Waals surface area contributed by atoms with Crippen molar-refractivity contribution < 1.29 is 5.11 Å². The Kier molecular flexibility index (Phi) is 2.89. The highest BCUT2D eigenvalue weighted by atomic mass is 32.1. The van der Waals surface area contributed by atoms with E-state index in [4.69, 9.17) is 0 Å². The summed E-state index contributed by atoms with van der Waals surface area (Å²) in [4.78, 5) is 0. The maximum absolute atomic E-state index is 9.74. The molecule has 0 heterocycles. The molecule has 0 radical (unpaired) electrons. The second kappa shape index (κ2) is 3.43. The smallest absolute Gasteiger partial charge is 0.0687 e. The van der Waals surface area contributed by atoms with Crippen LogP contribution in [0.5, 0.6) is 0 Å². The Morgan fingerprint density at radius 2 is 2.25 bits per heavy atom. The zero-order chi connectivity index (χ0) is 9.35. The topological polar surface area (TPSA) is 20.2 Å². The van der Waals surface area contributed by atoms with E-state index in [1.165, 1.54) is 5.57 Å². The van der Waals surface area contributed by atoms with E-state index >= 15 is 0 Å². The summed E-state index contributed by atoms with van der Waals surface area (Å²) in [6.07, 6.45) is 2.65. The predicted molar refractivity (Wildman–Crippen MR) is 55.6 cm³/mol. The second-order valence-corrected chi connectivity index (χ2v) is 5.21. The summed E-state index contributed by atoms with van der Waals surface area (Å²) in [5.74, 6) is 0.500. The third-order valence-corrected chi connectivity index (χ3v) is 3.44. The summed E-state index contributed by atoms with van der Waals surface area (Å²) in [7, 11) is 0. The number of hydrogen-bond acceptors (Lipinski definition) is 2. The predicted octanol–water partition coefficient (Wildman–Crippen LogP) is 2.41. The van der Waals surface area contributed by atoms with E-state index in [2.05, 4.69) is 19.2 Å². The number of aliphatic hydroxyl groups excluding tert-OH is 1. The Morgan fingerprint density at radius 3 is 2.67 bits per heavy atom. The average molecular weight is 186 g/mol. The fourth-order valence-corrected chi connectivity index (χ4v) is 1.96. The summed E-state index contributed by atoms with van der Waals surface area (Å²) in [6.45, 7) is 7.97. The van der Waals surface area contributed by atoms with Crippen LogP contribution in [0, 0.1) is 5.92 Å². The molecule has 1 nitrogen and oxygen atoms in total. The van der Waals surface area contributed by atoms with Crippen molar-refractivity contribution in [2.75, 3.05) is 0 Å². The quantitative estimate of drug-likeness (QED) is 0.476.